The first kappa shape index (κ1) is 22.3. The van der Waals surface area contributed by atoms with Crippen molar-refractivity contribution in [1.82, 2.24) is 14.8 Å². The van der Waals surface area contributed by atoms with Crippen molar-refractivity contribution in [1.29, 1.82) is 0 Å². The van der Waals surface area contributed by atoms with Crippen molar-refractivity contribution in [3.8, 4) is 11.1 Å². The van der Waals surface area contributed by atoms with Gasteiger partial charge in [0.25, 0.3) is 0 Å². The molecule has 5 heteroatoms. The summed E-state index contributed by atoms with van der Waals surface area (Å²) >= 11 is 0. The molecular weight excluding hydrogens is 413 g/mol. The monoisotopic (exact) mass is 447 g/mol. The van der Waals surface area contributed by atoms with Gasteiger partial charge in [-0.15, -0.1) is 0 Å². The molecule has 0 unspecified atom stereocenters. The zero-order chi connectivity index (χ0) is 22.8. The summed E-state index contributed by atoms with van der Waals surface area (Å²) in [7, 11) is 2.13. The van der Waals surface area contributed by atoms with Gasteiger partial charge in [0, 0.05) is 43.9 Å². The molecule has 174 valence electrons. The zero-order valence-electron chi connectivity index (χ0n) is 19.5. The summed E-state index contributed by atoms with van der Waals surface area (Å²) in [6.45, 7) is 3.63. The highest BCUT2D eigenvalue weighted by Gasteiger charge is 2.46. The summed E-state index contributed by atoms with van der Waals surface area (Å²) in [5, 5.41) is 0. The SMILES string of the molecule is CN1CCN(C(=O)[C@H]2C[C@H]3CCCC[C@H]3[C@@H]2/C=C/c2ccc(-c3cccc(F)c3)cn2)CC1. The van der Waals surface area contributed by atoms with Gasteiger partial charge in [-0.25, -0.2) is 4.39 Å². The molecule has 3 aliphatic rings. The molecule has 3 fully saturated rings. The van der Waals surface area contributed by atoms with Crippen LogP contribution in [-0.4, -0.2) is 53.9 Å². The van der Waals surface area contributed by atoms with Gasteiger partial charge in [-0.05, 0) is 67.5 Å². The highest BCUT2D eigenvalue weighted by Crippen LogP contribution is 2.50. The van der Waals surface area contributed by atoms with E-state index in [0.717, 1.165) is 49.4 Å². The summed E-state index contributed by atoms with van der Waals surface area (Å²) in [6.07, 6.45) is 12.3. The number of hydrogen-bond donors (Lipinski definition) is 0. The van der Waals surface area contributed by atoms with Gasteiger partial charge in [0.05, 0.1) is 5.69 Å². The molecule has 33 heavy (non-hydrogen) atoms. The predicted octanol–water partition coefficient (Wildman–Crippen LogP) is 5.12. The molecule has 1 amide bonds. The molecule has 4 atom stereocenters. The maximum atomic E-state index is 13.6. The first-order valence-electron chi connectivity index (χ1n) is 12.5. The molecule has 2 saturated carbocycles. The average Bonchev–Trinajstić information content (AvgIpc) is 3.22. The van der Waals surface area contributed by atoms with Crippen LogP contribution in [0.15, 0.2) is 48.7 Å². The molecule has 1 saturated heterocycles. The fourth-order valence-corrected chi connectivity index (χ4v) is 6.17. The minimum atomic E-state index is -0.240. The highest BCUT2D eigenvalue weighted by atomic mass is 19.1. The van der Waals surface area contributed by atoms with E-state index in [4.69, 9.17) is 0 Å². The van der Waals surface area contributed by atoms with Gasteiger partial charge in [0.1, 0.15) is 5.82 Å². The van der Waals surface area contributed by atoms with Gasteiger partial charge in [-0.1, -0.05) is 43.5 Å². The largest absolute Gasteiger partial charge is 0.340 e. The number of nitrogens with zero attached hydrogens (tertiary/aromatic N) is 3. The Morgan fingerprint density at radius 3 is 2.64 bits per heavy atom. The molecule has 0 radical (unpaired) electrons. The van der Waals surface area contributed by atoms with Crippen LogP contribution in [0.1, 0.15) is 37.8 Å². The standard InChI is InChI=1S/C28H34FN3O/c1-31-13-15-32(16-14-31)28(33)27-18-21-5-2-3-8-25(21)26(27)12-11-24-10-9-22(19-30-24)20-6-4-7-23(29)17-20/h4,6-7,9-12,17,19,21,25-27H,2-3,5,8,13-16,18H2,1H3/b12-11+/t21-,25-,26+,27+/m1/s1. The van der Waals surface area contributed by atoms with Gasteiger partial charge in [-0.3, -0.25) is 9.78 Å². The number of halogens is 1. The molecule has 5 rings (SSSR count). The van der Waals surface area contributed by atoms with E-state index in [-0.39, 0.29) is 11.7 Å². The Bertz CT molecular complexity index is 996. The third-order valence-corrected chi connectivity index (χ3v) is 8.05. The Balaban J connectivity index is 1.33. The quantitative estimate of drug-likeness (QED) is 0.653. The molecule has 4 nitrogen and oxygen atoms in total. The number of piperazine rings is 1. The van der Waals surface area contributed by atoms with E-state index in [2.05, 4.69) is 34.0 Å². The molecule has 2 aromatic rings. The van der Waals surface area contributed by atoms with Crippen LogP contribution in [0.4, 0.5) is 4.39 Å². The molecular formula is C28H34FN3O. The number of amides is 1. The first-order chi connectivity index (χ1) is 16.1. The number of benzene rings is 1. The molecule has 1 aromatic carbocycles. The second-order valence-electron chi connectivity index (χ2n) is 10.1. The fourth-order valence-electron chi connectivity index (χ4n) is 6.17. The number of likely N-dealkylation sites (N-methyl/N-ethyl adjacent to an activating group) is 1. The molecule has 1 aromatic heterocycles. The van der Waals surface area contributed by atoms with Crippen molar-refractivity contribution in [2.45, 2.75) is 32.1 Å². The number of pyridine rings is 1. The Morgan fingerprint density at radius 2 is 1.88 bits per heavy atom. The van der Waals surface area contributed by atoms with Crippen molar-refractivity contribution >= 4 is 12.0 Å². The minimum Gasteiger partial charge on any atom is -0.340 e. The van der Waals surface area contributed by atoms with Crippen molar-refractivity contribution in [2.24, 2.45) is 23.7 Å². The van der Waals surface area contributed by atoms with E-state index in [1.807, 2.05) is 18.2 Å². The average molecular weight is 448 g/mol. The fraction of sp³-hybridized carbons (Fsp3) is 0.500. The summed E-state index contributed by atoms with van der Waals surface area (Å²) in [5.41, 5.74) is 2.62. The van der Waals surface area contributed by atoms with Crippen LogP contribution in [0.3, 0.4) is 0 Å². The summed E-state index contributed by atoms with van der Waals surface area (Å²) < 4.78 is 13.6. The Morgan fingerprint density at radius 1 is 1.06 bits per heavy atom. The molecule has 0 bridgehead atoms. The molecule has 1 aliphatic heterocycles. The van der Waals surface area contributed by atoms with Crippen LogP contribution in [0.5, 0.6) is 0 Å². The van der Waals surface area contributed by atoms with Gasteiger partial charge in [0.15, 0.2) is 0 Å². The van der Waals surface area contributed by atoms with E-state index in [9.17, 15) is 9.18 Å². The highest BCUT2D eigenvalue weighted by molar-refractivity contribution is 5.80. The Hall–Kier alpha value is -2.53. The maximum Gasteiger partial charge on any atom is 0.226 e. The molecule has 0 N–H and O–H groups in total. The third kappa shape index (κ3) is 4.89. The van der Waals surface area contributed by atoms with Crippen molar-refractivity contribution < 1.29 is 9.18 Å². The van der Waals surface area contributed by atoms with Crippen LogP contribution in [0.2, 0.25) is 0 Å². The van der Waals surface area contributed by atoms with E-state index in [0.29, 0.717) is 23.7 Å². The van der Waals surface area contributed by atoms with Crippen molar-refractivity contribution in [2.75, 3.05) is 33.2 Å². The van der Waals surface area contributed by atoms with Crippen LogP contribution in [0.25, 0.3) is 17.2 Å². The van der Waals surface area contributed by atoms with Crippen molar-refractivity contribution in [3.63, 3.8) is 0 Å². The molecule has 0 spiro atoms. The number of hydrogen-bond acceptors (Lipinski definition) is 3. The maximum absolute atomic E-state index is 13.6. The zero-order valence-corrected chi connectivity index (χ0v) is 19.5. The topological polar surface area (TPSA) is 36.4 Å². The van der Waals surface area contributed by atoms with Crippen LogP contribution >= 0.6 is 0 Å². The number of rotatable bonds is 4. The second kappa shape index (κ2) is 9.76. The second-order valence-corrected chi connectivity index (χ2v) is 10.1. The van der Waals surface area contributed by atoms with Crippen LogP contribution < -0.4 is 0 Å². The summed E-state index contributed by atoms with van der Waals surface area (Å²) in [4.78, 5) is 22.5. The summed E-state index contributed by atoms with van der Waals surface area (Å²) in [6, 6.07) is 10.6. The Kier molecular flexibility index (Phi) is 6.59. The smallest absolute Gasteiger partial charge is 0.226 e. The summed E-state index contributed by atoms with van der Waals surface area (Å²) in [5.74, 6) is 1.81. The number of carbonyl (C=O) groups excluding carboxylic acids is 1. The van der Waals surface area contributed by atoms with Gasteiger partial charge in [0.2, 0.25) is 5.91 Å². The predicted molar refractivity (Wildman–Crippen MR) is 130 cm³/mol. The Labute approximate surface area is 196 Å². The minimum absolute atomic E-state index is 0.101. The van der Waals surface area contributed by atoms with E-state index in [1.54, 1.807) is 12.3 Å². The van der Waals surface area contributed by atoms with Gasteiger partial charge < -0.3 is 9.80 Å². The molecule has 2 aliphatic carbocycles. The number of allylic oxidation sites excluding steroid dienone is 1. The molecule has 2 heterocycles. The lowest BCUT2D eigenvalue weighted by Gasteiger charge is -2.35. The van der Waals surface area contributed by atoms with Gasteiger partial charge in [-0.2, -0.15) is 0 Å². The van der Waals surface area contributed by atoms with Crippen LogP contribution in [-0.2, 0) is 4.79 Å². The van der Waals surface area contributed by atoms with Gasteiger partial charge >= 0.3 is 0 Å². The van der Waals surface area contributed by atoms with E-state index >= 15 is 0 Å². The van der Waals surface area contributed by atoms with E-state index in [1.165, 1.54) is 37.8 Å². The third-order valence-electron chi connectivity index (χ3n) is 8.05. The van der Waals surface area contributed by atoms with E-state index < -0.39 is 0 Å². The lowest BCUT2D eigenvalue weighted by atomic mass is 9.77. The lowest BCUT2D eigenvalue weighted by Crippen LogP contribution is -2.49. The number of fused-ring (bicyclic) bond motifs is 1. The number of aromatic nitrogens is 1. The normalized spacial score (nSPS) is 28.2. The first-order valence-corrected chi connectivity index (χ1v) is 12.5. The number of carbonyl (C=O) groups is 1. The lowest BCUT2D eigenvalue weighted by molar-refractivity contribution is -0.138. The van der Waals surface area contributed by atoms with Crippen LogP contribution in [0, 0.1) is 29.5 Å². The van der Waals surface area contributed by atoms with Crippen molar-refractivity contribution in [3.05, 3.63) is 60.2 Å².